The Bertz CT molecular complexity index is 1200. The molecule has 36 heavy (non-hydrogen) atoms. The van der Waals surface area contributed by atoms with Gasteiger partial charge < -0.3 is 10.2 Å². The van der Waals surface area contributed by atoms with Gasteiger partial charge in [-0.1, -0.05) is 42.0 Å². The normalized spacial score (nSPS) is 17.6. The van der Waals surface area contributed by atoms with E-state index in [0.717, 1.165) is 81.5 Å². The van der Waals surface area contributed by atoms with Crippen LogP contribution in [0.15, 0.2) is 78.7 Å². The van der Waals surface area contributed by atoms with Crippen LogP contribution >= 0.6 is 0 Å². The van der Waals surface area contributed by atoms with Crippen molar-refractivity contribution in [1.82, 2.24) is 20.0 Å². The third-order valence-electron chi connectivity index (χ3n) is 7.22. The molecular formula is C30H37N5O. The number of nitrogens with one attached hydrogen (secondary N) is 1. The Balaban J connectivity index is 1.21. The molecule has 2 aliphatic rings. The van der Waals surface area contributed by atoms with Gasteiger partial charge in [0.1, 0.15) is 0 Å². The fourth-order valence-electron chi connectivity index (χ4n) is 5.16. The number of fused-ring (bicyclic) bond motifs is 1. The first-order valence-corrected chi connectivity index (χ1v) is 13.4. The number of anilines is 1. The van der Waals surface area contributed by atoms with Gasteiger partial charge in [0.05, 0.1) is 18.3 Å². The van der Waals surface area contributed by atoms with Crippen LogP contribution in [-0.2, 0) is 17.8 Å². The number of aryl methyl sites for hydroxylation is 1. The highest BCUT2D eigenvalue weighted by molar-refractivity contribution is 6.04. The van der Waals surface area contributed by atoms with Crippen LogP contribution in [-0.4, -0.2) is 53.3 Å². The van der Waals surface area contributed by atoms with Crippen LogP contribution in [0.5, 0.6) is 0 Å². The van der Waals surface area contributed by atoms with Crippen molar-refractivity contribution in [2.45, 2.75) is 45.1 Å². The number of carbonyl (C=O) groups excluding carboxylic acids is 1. The van der Waals surface area contributed by atoms with Crippen molar-refractivity contribution in [2.75, 3.05) is 37.6 Å². The van der Waals surface area contributed by atoms with E-state index in [0.29, 0.717) is 0 Å². The third-order valence-corrected chi connectivity index (χ3v) is 7.22. The molecule has 0 bridgehead atoms. The summed E-state index contributed by atoms with van der Waals surface area (Å²) in [6, 6.07) is 16.8. The van der Waals surface area contributed by atoms with Gasteiger partial charge in [0.15, 0.2) is 0 Å². The number of aromatic nitrogens is 2. The standard InChI is InChI=1S/C30H37N5O/c36-30-22-26(11-6-10-25-8-2-1-3-9-25)12-7-18-34(30)28-13-14-29-27(23-28)24-32-35(29)21-20-33-17-5-4-15-31-16-19-33/h1-3,7-9,13-14,18,22-24,31H,4-6,10-12,15-17,19-21H2. The number of carbonyl (C=O) groups is 1. The quantitative estimate of drug-likeness (QED) is 0.494. The minimum absolute atomic E-state index is 0.0240. The zero-order valence-corrected chi connectivity index (χ0v) is 21.1. The summed E-state index contributed by atoms with van der Waals surface area (Å²) in [7, 11) is 0. The average Bonchev–Trinajstić information content (AvgIpc) is 3.18. The maximum Gasteiger partial charge on any atom is 0.254 e. The van der Waals surface area contributed by atoms with Crippen LogP contribution in [0.4, 0.5) is 5.69 Å². The van der Waals surface area contributed by atoms with E-state index in [1.54, 1.807) is 4.90 Å². The van der Waals surface area contributed by atoms with E-state index in [1.807, 2.05) is 30.6 Å². The van der Waals surface area contributed by atoms with Crippen molar-refractivity contribution < 1.29 is 4.79 Å². The molecule has 1 fully saturated rings. The van der Waals surface area contributed by atoms with E-state index in [4.69, 9.17) is 0 Å². The van der Waals surface area contributed by atoms with Gasteiger partial charge in [-0.05, 0) is 75.4 Å². The molecule has 0 unspecified atom stereocenters. The molecule has 2 aromatic carbocycles. The number of rotatable bonds is 8. The zero-order chi connectivity index (χ0) is 24.6. The predicted octanol–water partition coefficient (Wildman–Crippen LogP) is 4.92. The molecule has 2 aliphatic heterocycles. The van der Waals surface area contributed by atoms with E-state index in [9.17, 15) is 4.79 Å². The Labute approximate surface area is 214 Å². The number of allylic oxidation sites excluding steroid dienone is 2. The Morgan fingerprint density at radius 3 is 2.78 bits per heavy atom. The zero-order valence-electron chi connectivity index (χ0n) is 21.1. The Morgan fingerprint density at radius 2 is 1.86 bits per heavy atom. The van der Waals surface area contributed by atoms with Gasteiger partial charge in [-0.2, -0.15) is 5.10 Å². The van der Waals surface area contributed by atoms with Crippen LogP contribution in [0.25, 0.3) is 10.9 Å². The summed E-state index contributed by atoms with van der Waals surface area (Å²) >= 11 is 0. The first-order chi connectivity index (χ1) is 17.8. The molecule has 0 spiro atoms. The van der Waals surface area contributed by atoms with E-state index in [-0.39, 0.29) is 5.91 Å². The fourth-order valence-corrected chi connectivity index (χ4v) is 5.16. The molecule has 6 nitrogen and oxygen atoms in total. The molecule has 1 aromatic heterocycles. The van der Waals surface area contributed by atoms with Crippen molar-refractivity contribution in [3.8, 4) is 0 Å². The Hall–Kier alpha value is -3.22. The average molecular weight is 484 g/mol. The molecule has 0 aliphatic carbocycles. The van der Waals surface area contributed by atoms with Gasteiger partial charge in [0, 0.05) is 43.0 Å². The van der Waals surface area contributed by atoms with Gasteiger partial charge in [0.25, 0.3) is 5.91 Å². The SMILES string of the molecule is O=C1C=C(CCCc2ccccc2)CC=CN1c1ccc2c(cnn2CCN2CCCCNCC2)c1. The van der Waals surface area contributed by atoms with Gasteiger partial charge in [-0.15, -0.1) is 0 Å². The number of nitrogens with zero attached hydrogens (tertiary/aromatic N) is 4. The molecule has 6 heteroatoms. The van der Waals surface area contributed by atoms with Crippen LogP contribution in [0.2, 0.25) is 0 Å². The number of hydrogen-bond donors (Lipinski definition) is 1. The second-order valence-electron chi connectivity index (χ2n) is 9.85. The van der Waals surface area contributed by atoms with Crippen molar-refractivity contribution in [2.24, 2.45) is 0 Å². The van der Waals surface area contributed by atoms with Crippen molar-refractivity contribution in [1.29, 1.82) is 0 Å². The lowest BCUT2D eigenvalue weighted by atomic mass is 10.0. The number of amides is 1. The Kier molecular flexibility index (Phi) is 8.26. The van der Waals surface area contributed by atoms with Crippen molar-refractivity contribution in [3.05, 3.63) is 84.2 Å². The highest BCUT2D eigenvalue weighted by atomic mass is 16.2. The van der Waals surface area contributed by atoms with Gasteiger partial charge in [-0.25, -0.2) is 0 Å². The molecule has 188 valence electrons. The molecule has 1 saturated heterocycles. The number of hydrogen-bond acceptors (Lipinski definition) is 4. The highest BCUT2D eigenvalue weighted by Crippen LogP contribution is 2.26. The molecule has 0 atom stereocenters. The molecule has 3 aromatic rings. The topological polar surface area (TPSA) is 53.4 Å². The molecule has 0 radical (unpaired) electrons. The van der Waals surface area contributed by atoms with Crippen LogP contribution in [0.1, 0.15) is 37.7 Å². The maximum absolute atomic E-state index is 13.1. The monoisotopic (exact) mass is 483 g/mol. The first-order valence-electron chi connectivity index (χ1n) is 13.4. The summed E-state index contributed by atoms with van der Waals surface area (Å²) in [4.78, 5) is 17.4. The van der Waals surface area contributed by atoms with Gasteiger partial charge in [0.2, 0.25) is 0 Å². The lowest BCUT2D eigenvalue weighted by Crippen LogP contribution is -2.37. The number of benzene rings is 2. The lowest BCUT2D eigenvalue weighted by molar-refractivity contribution is -0.113. The molecule has 3 heterocycles. The highest BCUT2D eigenvalue weighted by Gasteiger charge is 2.16. The van der Waals surface area contributed by atoms with Gasteiger partial charge in [-0.3, -0.25) is 14.4 Å². The predicted molar refractivity (Wildman–Crippen MR) is 147 cm³/mol. The first kappa shape index (κ1) is 24.5. The summed E-state index contributed by atoms with van der Waals surface area (Å²) in [5, 5.41) is 9.22. The summed E-state index contributed by atoms with van der Waals surface area (Å²) in [6.07, 6.45) is 14.1. The van der Waals surface area contributed by atoms with E-state index < -0.39 is 0 Å². The minimum atomic E-state index is 0.0240. The largest absolute Gasteiger partial charge is 0.315 e. The minimum Gasteiger partial charge on any atom is -0.315 e. The van der Waals surface area contributed by atoms with E-state index >= 15 is 0 Å². The van der Waals surface area contributed by atoms with Crippen molar-refractivity contribution in [3.63, 3.8) is 0 Å². The molecule has 1 N–H and O–H groups in total. The lowest BCUT2D eigenvalue weighted by Gasteiger charge is -2.24. The summed E-state index contributed by atoms with van der Waals surface area (Å²) in [5.41, 5.74) is 4.55. The maximum atomic E-state index is 13.1. The molecule has 0 saturated carbocycles. The van der Waals surface area contributed by atoms with Gasteiger partial charge >= 0.3 is 0 Å². The fraction of sp³-hybridized carbons (Fsp3) is 0.400. The van der Waals surface area contributed by atoms with Crippen LogP contribution in [0.3, 0.4) is 0 Å². The molecular weight excluding hydrogens is 446 g/mol. The summed E-state index contributed by atoms with van der Waals surface area (Å²) < 4.78 is 2.09. The second-order valence-corrected chi connectivity index (χ2v) is 9.85. The second kappa shape index (κ2) is 12.2. The van der Waals surface area contributed by atoms with E-state index in [2.05, 4.69) is 62.5 Å². The third kappa shape index (κ3) is 6.31. The van der Waals surface area contributed by atoms with Crippen LogP contribution < -0.4 is 10.2 Å². The summed E-state index contributed by atoms with van der Waals surface area (Å²) in [6.45, 7) is 6.33. The molecule has 1 amide bonds. The van der Waals surface area contributed by atoms with E-state index in [1.165, 1.54) is 24.0 Å². The van der Waals surface area contributed by atoms with Crippen LogP contribution in [0, 0.1) is 0 Å². The smallest absolute Gasteiger partial charge is 0.254 e. The molecule has 5 rings (SSSR count). The Morgan fingerprint density at radius 1 is 0.944 bits per heavy atom. The van der Waals surface area contributed by atoms with Crippen molar-refractivity contribution >= 4 is 22.5 Å². The summed E-state index contributed by atoms with van der Waals surface area (Å²) in [5.74, 6) is 0.0240.